The number of rotatable bonds is 6. The maximum absolute atomic E-state index is 13.0. The third-order valence-electron chi connectivity index (χ3n) is 6.74. The van der Waals surface area contributed by atoms with E-state index in [1.807, 2.05) is 4.68 Å². The minimum Gasteiger partial charge on any atom is -0.484 e. The largest absolute Gasteiger partial charge is 0.484 e. The van der Waals surface area contributed by atoms with Crippen LogP contribution < -0.4 is 10.1 Å². The number of ether oxygens (including phenoxy) is 3. The number of amides is 2. The van der Waals surface area contributed by atoms with Crippen LogP contribution in [0.25, 0.3) is 0 Å². The Hall–Kier alpha value is -3.05. The molecule has 2 aromatic rings. The van der Waals surface area contributed by atoms with E-state index in [0.29, 0.717) is 63.9 Å². The smallest absolute Gasteiger partial charge is 0.260 e. The fourth-order valence-corrected chi connectivity index (χ4v) is 4.68. The molecular weight excluding hydrogens is 445 g/mol. The summed E-state index contributed by atoms with van der Waals surface area (Å²) < 4.78 is 31.9. The molecule has 2 amide bonds. The first-order valence-electron chi connectivity index (χ1n) is 11.6. The molecule has 0 radical (unpaired) electrons. The maximum atomic E-state index is 13.0. The van der Waals surface area contributed by atoms with Gasteiger partial charge < -0.3 is 24.4 Å². The minimum atomic E-state index is -0.519. The molecule has 11 heteroatoms. The highest BCUT2D eigenvalue weighted by Crippen LogP contribution is 2.33. The predicted octanol–water partition coefficient (Wildman–Crippen LogP) is 1.04. The van der Waals surface area contributed by atoms with E-state index in [1.165, 1.54) is 24.3 Å². The molecule has 10 nitrogen and oxygen atoms in total. The Morgan fingerprint density at radius 3 is 2.79 bits per heavy atom. The molecule has 0 aliphatic carbocycles. The van der Waals surface area contributed by atoms with Gasteiger partial charge in [0.1, 0.15) is 22.9 Å². The van der Waals surface area contributed by atoms with Crippen LogP contribution in [-0.4, -0.2) is 70.2 Å². The standard InChI is InChI=1S/C23H28FN5O5/c24-17-1-3-18(4-2-17)33-13-21(30)28-8-7-23(14-28)15-29-20(12-34-23)19(26-27-29)11-25-22(31)16-5-9-32-10-6-16/h1-4,16H,5-15H2,(H,25,31). The number of benzene rings is 1. The van der Waals surface area contributed by atoms with Crippen molar-refractivity contribution < 1.29 is 28.2 Å². The van der Waals surface area contributed by atoms with Gasteiger partial charge in [-0.15, -0.1) is 5.10 Å². The summed E-state index contributed by atoms with van der Waals surface area (Å²) in [5, 5.41) is 11.5. The Kier molecular flexibility index (Phi) is 6.46. The van der Waals surface area contributed by atoms with Crippen molar-refractivity contribution >= 4 is 11.8 Å². The molecule has 1 unspecified atom stereocenters. The summed E-state index contributed by atoms with van der Waals surface area (Å²) in [6.07, 6.45) is 2.16. The SMILES string of the molecule is O=C(NCc1nnn2c1COC1(CCN(C(=O)COc3ccc(F)cc3)C1)C2)C1CCOCC1. The van der Waals surface area contributed by atoms with Gasteiger partial charge in [-0.25, -0.2) is 9.07 Å². The third kappa shape index (κ3) is 4.90. The van der Waals surface area contributed by atoms with E-state index >= 15 is 0 Å². The molecule has 3 aliphatic heterocycles. The van der Waals surface area contributed by atoms with Crippen LogP contribution in [0.4, 0.5) is 4.39 Å². The Morgan fingerprint density at radius 1 is 1.21 bits per heavy atom. The van der Waals surface area contributed by atoms with E-state index in [1.54, 1.807) is 4.90 Å². The van der Waals surface area contributed by atoms with Crippen LogP contribution in [-0.2, 0) is 38.8 Å². The number of nitrogens with one attached hydrogen (secondary N) is 1. The maximum Gasteiger partial charge on any atom is 0.260 e. The first kappa shape index (κ1) is 22.7. The first-order valence-corrected chi connectivity index (χ1v) is 11.6. The fourth-order valence-electron chi connectivity index (χ4n) is 4.68. The van der Waals surface area contributed by atoms with E-state index in [-0.39, 0.29) is 30.2 Å². The number of aromatic nitrogens is 3. The van der Waals surface area contributed by atoms with Gasteiger partial charge in [0, 0.05) is 25.7 Å². The molecule has 5 rings (SSSR count). The molecule has 2 fully saturated rings. The molecule has 2 saturated heterocycles. The molecule has 182 valence electrons. The molecule has 4 heterocycles. The summed E-state index contributed by atoms with van der Waals surface area (Å²) in [5.41, 5.74) is 1.03. The Labute approximate surface area is 196 Å². The van der Waals surface area contributed by atoms with Crippen LogP contribution in [0.3, 0.4) is 0 Å². The van der Waals surface area contributed by atoms with Gasteiger partial charge >= 0.3 is 0 Å². The van der Waals surface area contributed by atoms with Crippen molar-refractivity contribution in [2.24, 2.45) is 5.92 Å². The van der Waals surface area contributed by atoms with Gasteiger partial charge in [-0.05, 0) is 43.5 Å². The molecule has 34 heavy (non-hydrogen) atoms. The minimum absolute atomic E-state index is 0.0195. The van der Waals surface area contributed by atoms with Crippen LogP contribution in [0, 0.1) is 11.7 Å². The monoisotopic (exact) mass is 473 g/mol. The molecule has 0 saturated carbocycles. The topological polar surface area (TPSA) is 108 Å². The van der Waals surface area contributed by atoms with Gasteiger partial charge in [0.2, 0.25) is 5.91 Å². The van der Waals surface area contributed by atoms with Crippen LogP contribution >= 0.6 is 0 Å². The molecule has 1 aromatic carbocycles. The molecule has 1 N–H and O–H groups in total. The quantitative estimate of drug-likeness (QED) is 0.668. The number of halogens is 1. The lowest BCUT2D eigenvalue weighted by atomic mass is 9.99. The second kappa shape index (κ2) is 9.67. The summed E-state index contributed by atoms with van der Waals surface area (Å²) in [5.74, 6) is -0.0568. The van der Waals surface area contributed by atoms with Crippen molar-refractivity contribution in [3.8, 4) is 5.75 Å². The van der Waals surface area contributed by atoms with Crippen molar-refractivity contribution in [1.29, 1.82) is 0 Å². The predicted molar refractivity (Wildman–Crippen MR) is 116 cm³/mol. The number of carbonyl (C=O) groups excluding carboxylic acids is 2. The molecule has 0 bridgehead atoms. The lowest BCUT2D eigenvalue weighted by Crippen LogP contribution is -2.46. The molecule has 1 aromatic heterocycles. The molecular formula is C23H28FN5O5. The number of fused-ring (bicyclic) bond motifs is 1. The van der Waals surface area contributed by atoms with E-state index in [2.05, 4.69) is 15.6 Å². The van der Waals surface area contributed by atoms with E-state index in [9.17, 15) is 14.0 Å². The molecule has 1 atom stereocenters. The van der Waals surface area contributed by atoms with Crippen LogP contribution in [0.2, 0.25) is 0 Å². The highest BCUT2D eigenvalue weighted by atomic mass is 19.1. The zero-order valence-corrected chi connectivity index (χ0v) is 18.9. The van der Waals surface area contributed by atoms with Crippen molar-refractivity contribution in [2.75, 3.05) is 32.9 Å². The second-order valence-corrected chi connectivity index (χ2v) is 9.02. The zero-order valence-electron chi connectivity index (χ0n) is 18.9. The van der Waals surface area contributed by atoms with Gasteiger partial charge in [0.25, 0.3) is 5.91 Å². The lowest BCUT2D eigenvalue weighted by molar-refractivity contribution is -0.135. The molecule has 3 aliphatic rings. The Balaban J connectivity index is 1.13. The van der Waals surface area contributed by atoms with Crippen molar-refractivity contribution in [1.82, 2.24) is 25.2 Å². The van der Waals surface area contributed by atoms with Crippen LogP contribution in [0.1, 0.15) is 30.7 Å². The van der Waals surface area contributed by atoms with Crippen molar-refractivity contribution in [3.05, 3.63) is 41.5 Å². The van der Waals surface area contributed by atoms with Crippen molar-refractivity contribution in [3.63, 3.8) is 0 Å². The second-order valence-electron chi connectivity index (χ2n) is 9.02. The lowest BCUT2D eigenvalue weighted by Gasteiger charge is -2.34. The fraction of sp³-hybridized carbons (Fsp3) is 0.565. The molecule has 1 spiro atoms. The number of likely N-dealkylation sites (tertiary alicyclic amines) is 1. The summed E-state index contributed by atoms with van der Waals surface area (Å²) in [6.45, 7) is 3.24. The van der Waals surface area contributed by atoms with E-state index in [0.717, 1.165) is 18.5 Å². The van der Waals surface area contributed by atoms with E-state index in [4.69, 9.17) is 14.2 Å². The summed E-state index contributed by atoms with van der Waals surface area (Å²) in [6, 6.07) is 5.57. The number of nitrogens with zero attached hydrogens (tertiary/aromatic N) is 4. The van der Waals surface area contributed by atoms with Crippen LogP contribution in [0.15, 0.2) is 24.3 Å². The first-order chi connectivity index (χ1) is 16.5. The summed E-state index contributed by atoms with van der Waals surface area (Å²) in [7, 11) is 0. The van der Waals surface area contributed by atoms with Gasteiger partial charge in [0.05, 0.1) is 31.9 Å². The van der Waals surface area contributed by atoms with Gasteiger partial charge in [0.15, 0.2) is 6.61 Å². The number of carbonyl (C=O) groups is 2. The highest BCUT2D eigenvalue weighted by molar-refractivity contribution is 5.79. The summed E-state index contributed by atoms with van der Waals surface area (Å²) >= 11 is 0. The Morgan fingerprint density at radius 2 is 2.00 bits per heavy atom. The number of hydrogen-bond donors (Lipinski definition) is 1. The number of hydrogen-bond acceptors (Lipinski definition) is 7. The highest BCUT2D eigenvalue weighted by Gasteiger charge is 2.44. The average molecular weight is 474 g/mol. The van der Waals surface area contributed by atoms with E-state index < -0.39 is 5.60 Å². The van der Waals surface area contributed by atoms with Gasteiger partial charge in [-0.1, -0.05) is 5.21 Å². The Bertz CT molecular complexity index is 1040. The average Bonchev–Trinajstić information content (AvgIpc) is 3.46. The third-order valence-corrected chi connectivity index (χ3v) is 6.74. The zero-order chi connectivity index (χ0) is 23.5. The van der Waals surface area contributed by atoms with Crippen molar-refractivity contribution in [2.45, 2.75) is 44.6 Å². The summed E-state index contributed by atoms with van der Waals surface area (Å²) in [4.78, 5) is 26.8. The normalized spacial score (nSPS) is 22.6. The van der Waals surface area contributed by atoms with Gasteiger partial charge in [-0.3, -0.25) is 9.59 Å². The van der Waals surface area contributed by atoms with Gasteiger partial charge in [-0.2, -0.15) is 0 Å². The van der Waals surface area contributed by atoms with Crippen LogP contribution in [0.5, 0.6) is 5.75 Å².